The second-order valence-corrected chi connectivity index (χ2v) is 3.03. The number of nitrogens with two attached hydrogens (primary N) is 1. The highest BCUT2D eigenvalue weighted by Crippen LogP contribution is 2.06. The summed E-state index contributed by atoms with van der Waals surface area (Å²) in [5, 5.41) is 36.1. The van der Waals surface area contributed by atoms with Gasteiger partial charge in [0.1, 0.15) is 18.3 Å². The van der Waals surface area contributed by atoms with Crippen molar-refractivity contribution in [3.63, 3.8) is 0 Å². The third-order valence-electron chi connectivity index (χ3n) is 1.84. The summed E-state index contributed by atoms with van der Waals surface area (Å²) in [5.74, 6) is -0.943. The van der Waals surface area contributed by atoms with Crippen LogP contribution in [-0.2, 0) is 14.3 Å². The van der Waals surface area contributed by atoms with Crippen LogP contribution in [0.5, 0.6) is 0 Å². The lowest BCUT2D eigenvalue weighted by molar-refractivity contribution is -0.166. The molecule has 0 spiro atoms. The van der Waals surface area contributed by atoms with Crippen molar-refractivity contribution in [2.45, 2.75) is 24.4 Å². The van der Waals surface area contributed by atoms with E-state index in [4.69, 9.17) is 15.9 Å². The standard InChI is InChI=1S/C8H15NO7/c9-1-6(13)16-5(3-11)8(15)7(14)4(12)2-10/h3-5,7-8,10,12,14-15H,1-2,9H2/t4-,5+,7-,8-/m1/s1. The van der Waals surface area contributed by atoms with Gasteiger partial charge in [0.2, 0.25) is 0 Å². The predicted molar refractivity (Wildman–Crippen MR) is 50.1 cm³/mol. The van der Waals surface area contributed by atoms with Crippen LogP contribution in [0.1, 0.15) is 0 Å². The van der Waals surface area contributed by atoms with Crippen LogP contribution in [0.25, 0.3) is 0 Å². The average Bonchev–Trinajstić information content (AvgIpc) is 2.32. The van der Waals surface area contributed by atoms with Crippen LogP contribution >= 0.6 is 0 Å². The summed E-state index contributed by atoms with van der Waals surface area (Å²) in [6, 6.07) is 0. The number of aldehydes is 1. The lowest BCUT2D eigenvalue weighted by Gasteiger charge is -2.25. The lowest BCUT2D eigenvalue weighted by atomic mass is 10.0. The third-order valence-corrected chi connectivity index (χ3v) is 1.84. The molecule has 0 aliphatic rings. The Labute approximate surface area is 91.2 Å². The number of rotatable bonds is 7. The van der Waals surface area contributed by atoms with Crippen LogP contribution in [-0.4, -0.2) is 70.2 Å². The van der Waals surface area contributed by atoms with Crippen LogP contribution in [0.3, 0.4) is 0 Å². The Morgan fingerprint density at radius 2 is 1.88 bits per heavy atom. The highest BCUT2D eigenvalue weighted by atomic mass is 16.6. The Bertz CT molecular complexity index is 234. The van der Waals surface area contributed by atoms with E-state index in [2.05, 4.69) is 4.74 Å². The molecule has 94 valence electrons. The molecule has 0 bridgehead atoms. The summed E-state index contributed by atoms with van der Waals surface area (Å²) in [4.78, 5) is 21.2. The maximum absolute atomic E-state index is 10.7. The van der Waals surface area contributed by atoms with Gasteiger partial charge in [-0.25, -0.2) is 0 Å². The van der Waals surface area contributed by atoms with Crippen LogP contribution in [0.2, 0.25) is 0 Å². The van der Waals surface area contributed by atoms with Crippen molar-refractivity contribution in [1.82, 2.24) is 0 Å². The van der Waals surface area contributed by atoms with E-state index >= 15 is 0 Å². The fourth-order valence-corrected chi connectivity index (χ4v) is 0.908. The number of carbonyl (C=O) groups excluding carboxylic acids is 2. The van der Waals surface area contributed by atoms with Crippen molar-refractivity contribution in [3.05, 3.63) is 0 Å². The first-order valence-electron chi connectivity index (χ1n) is 4.47. The fraction of sp³-hybridized carbons (Fsp3) is 0.750. The van der Waals surface area contributed by atoms with Gasteiger partial charge in [0.25, 0.3) is 0 Å². The quantitative estimate of drug-likeness (QED) is 0.223. The molecular formula is C8H15NO7. The molecular weight excluding hydrogens is 222 g/mol. The molecule has 0 aromatic heterocycles. The molecule has 0 aromatic rings. The molecule has 0 aliphatic carbocycles. The largest absolute Gasteiger partial charge is 0.451 e. The van der Waals surface area contributed by atoms with Crippen molar-refractivity contribution in [1.29, 1.82) is 0 Å². The highest BCUT2D eigenvalue weighted by Gasteiger charge is 2.33. The van der Waals surface area contributed by atoms with Gasteiger partial charge in [-0.05, 0) is 0 Å². The molecule has 0 fully saturated rings. The average molecular weight is 237 g/mol. The third kappa shape index (κ3) is 4.21. The lowest BCUT2D eigenvalue weighted by Crippen LogP contribution is -2.48. The van der Waals surface area contributed by atoms with Gasteiger partial charge in [0.05, 0.1) is 13.2 Å². The second kappa shape index (κ2) is 7.25. The minimum absolute atomic E-state index is 0.0888. The van der Waals surface area contributed by atoms with Gasteiger partial charge >= 0.3 is 5.97 Å². The Hall–Kier alpha value is -1.06. The monoisotopic (exact) mass is 237 g/mol. The van der Waals surface area contributed by atoms with E-state index in [1.165, 1.54) is 0 Å². The molecule has 16 heavy (non-hydrogen) atoms. The van der Waals surface area contributed by atoms with Crippen molar-refractivity contribution >= 4 is 12.3 Å². The minimum atomic E-state index is -1.84. The van der Waals surface area contributed by atoms with E-state index < -0.39 is 43.5 Å². The Kier molecular flexibility index (Phi) is 6.77. The van der Waals surface area contributed by atoms with Gasteiger partial charge < -0.3 is 30.9 Å². The first kappa shape index (κ1) is 14.9. The van der Waals surface area contributed by atoms with Crippen molar-refractivity contribution < 1.29 is 34.8 Å². The highest BCUT2D eigenvalue weighted by molar-refractivity contribution is 5.74. The molecule has 8 heteroatoms. The summed E-state index contributed by atoms with van der Waals surface area (Å²) in [6.07, 6.45) is -6.85. The summed E-state index contributed by atoms with van der Waals surface area (Å²) in [5.41, 5.74) is 4.91. The normalized spacial score (nSPS) is 18.3. The molecule has 0 radical (unpaired) electrons. The van der Waals surface area contributed by atoms with Gasteiger partial charge in [-0.3, -0.25) is 9.59 Å². The van der Waals surface area contributed by atoms with Crippen molar-refractivity contribution in [2.75, 3.05) is 13.2 Å². The van der Waals surface area contributed by atoms with Crippen LogP contribution in [0, 0.1) is 0 Å². The van der Waals surface area contributed by atoms with E-state index in [9.17, 15) is 19.8 Å². The van der Waals surface area contributed by atoms with Gasteiger partial charge in [-0.15, -0.1) is 0 Å². The maximum atomic E-state index is 10.7. The van der Waals surface area contributed by atoms with E-state index in [0.717, 1.165) is 0 Å². The zero-order valence-corrected chi connectivity index (χ0v) is 8.39. The second-order valence-electron chi connectivity index (χ2n) is 3.03. The minimum Gasteiger partial charge on any atom is -0.451 e. The predicted octanol–water partition coefficient (Wildman–Crippen LogP) is -3.87. The number of hydrogen-bond donors (Lipinski definition) is 5. The zero-order chi connectivity index (χ0) is 12.7. The number of esters is 1. The molecule has 0 aliphatic heterocycles. The zero-order valence-electron chi connectivity index (χ0n) is 8.39. The van der Waals surface area contributed by atoms with E-state index in [1.807, 2.05) is 0 Å². The van der Waals surface area contributed by atoms with Gasteiger partial charge in [-0.2, -0.15) is 0 Å². The summed E-state index contributed by atoms with van der Waals surface area (Å²) in [7, 11) is 0. The Morgan fingerprint density at radius 1 is 1.31 bits per heavy atom. The number of ether oxygens (including phenoxy) is 1. The molecule has 0 amide bonds. The number of carbonyl (C=O) groups is 2. The molecule has 6 N–H and O–H groups in total. The van der Waals surface area contributed by atoms with Gasteiger partial charge in [-0.1, -0.05) is 0 Å². The van der Waals surface area contributed by atoms with Crippen LogP contribution in [0.4, 0.5) is 0 Å². The van der Waals surface area contributed by atoms with Gasteiger partial charge in [0.15, 0.2) is 12.4 Å². The molecule has 0 saturated carbocycles. The van der Waals surface area contributed by atoms with Gasteiger partial charge in [0, 0.05) is 0 Å². The molecule has 0 unspecified atom stereocenters. The Balaban J connectivity index is 4.45. The topological polar surface area (TPSA) is 150 Å². The molecule has 0 rings (SSSR count). The molecule has 4 atom stereocenters. The summed E-state index contributed by atoms with van der Waals surface area (Å²) >= 11 is 0. The molecule has 0 heterocycles. The van der Waals surface area contributed by atoms with Crippen LogP contribution in [0.15, 0.2) is 0 Å². The first-order chi connectivity index (χ1) is 7.47. The number of aliphatic hydroxyl groups excluding tert-OH is 4. The summed E-state index contributed by atoms with van der Waals surface area (Å²) in [6.45, 7) is -1.30. The van der Waals surface area contributed by atoms with Crippen molar-refractivity contribution in [3.8, 4) is 0 Å². The molecule has 0 aromatic carbocycles. The SMILES string of the molecule is NCC(=O)O[C@@H](C=O)[C@@H](O)[C@H](O)[C@H](O)CO. The number of hydrogen-bond acceptors (Lipinski definition) is 8. The first-order valence-corrected chi connectivity index (χ1v) is 4.47. The molecule has 8 nitrogen and oxygen atoms in total. The van der Waals surface area contributed by atoms with E-state index in [-0.39, 0.29) is 6.29 Å². The smallest absolute Gasteiger partial charge is 0.320 e. The molecule has 0 saturated heterocycles. The van der Waals surface area contributed by atoms with Crippen molar-refractivity contribution in [2.24, 2.45) is 5.73 Å². The summed E-state index contributed by atoms with van der Waals surface area (Å²) < 4.78 is 4.39. The Morgan fingerprint density at radius 3 is 2.25 bits per heavy atom. The number of aliphatic hydroxyl groups is 4. The fourth-order valence-electron chi connectivity index (χ4n) is 0.908. The van der Waals surface area contributed by atoms with E-state index in [1.54, 1.807) is 0 Å². The van der Waals surface area contributed by atoms with Crippen LogP contribution < -0.4 is 5.73 Å². The van der Waals surface area contributed by atoms with E-state index in [0.29, 0.717) is 0 Å². The maximum Gasteiger partial charge on any atom is 0.320 e.